The molecule has 2 aromatic heterocycles. The van der Waals surface area contributed by atoms with E-state index in [0.29, 0.717) is 6.61 Å². The summed E-state index contributed by atoms with van der Waals surface area (Å²) in [4.78, 5) is 0.786. The van der Waals surface area contributed by atoms with Crippen LogP contribution in [0.25, 0.3) is 4.96 Å². The number of fused-ring (bicyclic) bond motifs is 1. The van der Waals surface area contributed by atoms with Crippen LogP contribution in [0.1, 0.15) is 23.8 Å². The first kappa shape index (κ1) is 10.5. The molecule has 0 saturated heterocycles. The van der Waals surface area contributed by atoms with Gasteiger partial charge in [-0.2, -0.15) is 9.61 Å². The summed E-state index contributed by atoms with van der Waals surface area (Å²) < 4.78 is 6.73. The van der Waals surface area contributed by atoms with Gasteiger partial charge < -0.3 is 10.5 Å². The van der Waals surface area contributed by atoms with Crippen molar-refractivity contribution < 1.29 is 4.74 Å². The molecule has 0 radical (unpaired) electrons. The Labute approximate surface area is 91.1 Å². The lowest BCUT2D eigenvalue weighted by Crippen LogP contribution is -2.16. The predicted octanol–water partition coefficient (Wildman–Crippen LogP) is 0.394. The van der Waals surface area contributed by atoms with Crippen LogP contribution >= 0.6 is 11.3 Å². The quantitative estimate of drug-likeness (QED) is 0.817. The average Bonchev–Trinajstić information content (AvgIpc) is 2.76. The van der Waals surface area contributed by atoms with E-state index in [-0.39, 0.29) is 6.04 Å². The number of hydrogen-bond donors (Lipinski definition) is 1. The van der Waals surface area contributed by atoms with Gasteiger partial charge in [-0.05, 0) is 0 Å². The number of nitrogens with two attached hydrogens (primary N) is 1. The smallest absolute Gasteiger partial charge is 0.234 e. The Morgan fingerprint density at radius 3 is 3.00 bits per heavy atom. The molecule has 0 aliphatic carbocycles. The van der Waals surface area contributed by atoms with Gasteiger partial charge in [-0.25, -0.2) is 0 Å². The number of methoxy groups -OCH3 is 1. The minimum Gasteiger partial charge on any atom is -0.383 e. The molecule has 15 heavy (non-hydrogen) atoms. The predicted molar refractivity (Wildman–Crippen MR) is 56.8 cm³/mol. The molecular formula is C8H13N5OS. The lowest BCUT2D eigenvalue weighted by Gasteiger charge is -2.04. The van der Waals surface area contributed by atoms with Gasteiger partial charge in [0.2, 0.25) is 4.96 Å². The molecule has 2 rings (SSSR count). The number of nitrogens with zero attached hydrogens (tertiary/aromatic N) is 4. The Hall–Kier alpha value is -1.05. The van der Waals surface area contributed by atoms with Crippen molar-refractivity contribution in [3.63, 3.8) is 0 Å². The molecule has 82 valence electrons. The fraction of sp³-hybridized carbons (Fsp3) is 0.625. The van der Waals surface area contributed by atoms with Crippen molar-refractivity contribution in [3.8, 4) is 0 Å². The average molecular weight is 227 g/mol. The van der Waals surface area contributed by atoms with Crippen LogP contribution in [0, 0.1) is 0 Å². The Bertz CT molecular complexity index is 451. The van der Waals surface area contributed by atoms with E-state index in [2.05, 4.69) is 15.3 Å². The zero-order chi connectivity index (χ0) is 10.8. The number of aryl methyl sites for hydroxylation is 1. The lowest BCUT2D eigenvalue weighted by molar-refractivity contribution is 0.180. The van der Waals surface area contributed by atoms with E-state index in [0.717, 1.165) is 22.2 Å². The van der Waals surface area contributed by atoms with E-state index in [1.165, 1.54) is 11.3 Å². The van der Waals surface area contributed by atoms with Crippen LogP contribution in [-0.2, 0) is 11.2 Å². The van der Waals surface area contributed by atoms with Crippen LogP contribution in [-0.4, -0.2) is 33.5 Å². The second-order valence-electron chi connectivity index (χ2n) is 3.17. The largest absolute Gasteiger partial charge is 0.383 e. The van der Waals surface area contributed by atoms with E-state index in [1.54, 1.807) is 11.6 Å². The highest BCUT2D eigenvalue weighted by molar-refractivity contribution is 7.16. The molecule has 0 amide bonds. The van der Waals surface area contributed by atoms with Crippen LogP contribution in [0.2, 0.25) is 0 Å². The van der Waals surface area contributed by atoms with Crippen molar-refractivity contribution >= 4 is 16.3 Å². The summed E-state index contributed by atoms with van der Waals surface area (Å²) in [5.74, 6) is 0.858. The zero-order valence-electron chi connectivity index (χ0n) is 8.67. The highest BCUT2D eigenvalue weighted by atomic mass is 32.1. The molecule has 0 bridgehead atoms. The molecule has 6 nitrogen and oxygen atoms in total. The Kier molecular flexibility index (Phi) is 2.94. The molecule has 0 aliphatic heterocycles. The molecule has 0 fully saturated rings. The van der Waals surface area contributed by atoms with Crippen LogP contribution in [0.15, 0.2) is 0 Å². The number of hydrogen-bond acceptors (Lipinski definition) is 6. The maximum atomic E-state index is 5.88. The molecule has 2 heterocycles. The van der Waals surface area contributed by atoms with Crippen molar-refractivity contribution in [3.05, 3.63) is 10.8 Å². The molecule has 1 atom stereocenters. The minimum atomic E-state index is -0.189. The van der Waals surface area contributed by atoms with Gasteiger partial charge in [0.05, 0.1) is 12.6 Å². The first-order chi connectivity index (χ1) is 7.26. The lowest BCUT2D eigenvalue weighted by atomic mass is 10.4. The highest BCUT2D eigenvalue weighted by Crippen LogP contribution is 2.19. The molecular weight excluding hydrogens is 214 g/mol. The van der Waals surface area contributed by atoms with Gasteiger partial charge in [-0.15, -0.1) is 10.2 Å². The van der Waals surface area contributed by atoms with Gasteiger partial charge in [0.25, 0.3) is 0 Å². The van der Waals surface area contributed by atoms with Gasteiger partial charge in [-0.1, -0.05) is 18.3 Å². The van der Waals surface area contributed by atoms with Crippen LogP contribution in [0.3, 0.4) is 0 Å². The van der Waals surface area contributed by atoms with E-state index in [1.807, 2.05) is 6.92 Å². The number of ether oxygens (including phenoxy) is 1. The molecule has 0 saturated carbocycles. The first-order valence-electron chi connectivity index (χ1n) is 4.71. The van der Waals surface area contributed by atoms with Crippen LogP contribution in [0.4, 0.5) is 0 Å². The van der Waals surface area contributed by atoms with Gasteiger partial charge in [-0.3, -0.25) is 0 Å². The van der Waals surface area contributed by atoms with Crippen LogP contribution in [0.5, 0.6) is 0 Å². The Morgan fingerprint density at radius 2 is 2.33 bits per heavy atom. The molecule has 2 N–H and O–H groups in total. The monoisotopic (exact) mass is 227 g/mol. The SMILES string of the molecule is CCc1nnc2sc(C(N)COC)nn12. The van der Waals surface area contributed by atoms with E-state index >= 15 is 0 Å². The summed E-state index contributed by atoms with van der Waals surface area (Å²) in [5, 5.41) is 13.2. The Balaban J connectivity index is 2.34. The van der Waals surface area contributed by atoms with E-state index in [9.17, 15) is 0 Å². The Morgan fingerprint density at radius 1 is 1.53 bits per heavy atom. The summed E-state index contributed by atoms with van der Waals surface area (Å²) in [5.41, 5.74) is 5.88. The third-order valence-corrected chi connectivity index (χ3v) is 3.08. The fourth-order valence-corrected chi connectivity index (χ4v) is 2.14. The molecule has 2 aromatic rings. The molecule has 0 spiro atoms. The standard InChI is InChI=1S/C8H13N5OS/c1-3-6-10-11-8-13(6)12-7(15-8)5(9)4-14-2/h5H,3-4,9H2,1-2H3. The molecule has 1 unspecified atom stereocenters. The summed E-state index contributed by atoms with van der Waals surface area (Å²) in [6.45, 7) is 2.48. The third-order valence-electron chi connectivity index (χ3n) is 2.05. The normalized spacial score (nSPS) is 13.5. The van der Waals surface area contributed by atoms with Gasteiger partial charge in [0, 0.05) is 13.5 Å². The topological polar surface area (TPSA) is 78.3 Å². The van der Waals surface area contributed by atoms with Crippen molar-refractivity contribution in [1.29, 1.82) is 0 Å². The molecule has 0 aliphatic rings. The number of aromatic nitrogens is 4. The third kappa shape index (κ3) is 1.85. The second-order valence-corrected chi connectivity index (χ2v) is 4.15. The van der Waals surface area contributed by atoms with Gasteiger partial charge >= 0.3 is 0 Å². The van der Waals surface area contributed by atoms with Crippen molar-refractivity contribution in [2.45, 2.75) is 19.4 Å². The summed E-state index contributed by atoms with van der Waals surface area (Å²) in [7, 11) is 1.62. The van der Waals surface area contributed by atoms with Crippen LogP contribution < -0.4 is 5.73 Å². The second kappa shape index (κ2) is 4.21. The summed E-state index contributed by atoms with van der Waals surface area (Å²) in [6, 6.07) is -0.189. The maximum Gasteiger partial charge on any atom is 0.234 e. The van der Waals surface area contributed by atoms with E-state index in [4.69, 9.17) is 10.5 Å². The fourth-order valence-electron chi connectivity index (χ4n) is 1.29. The van der Waals surface area contributed by atoms with Crippen molar-refractivity contribution in [2.24, 2.45) is 5.73 Å². The molecule has 7 heteroatoms. The van der Waals surface area contributed by atoms with Gasteiger partial charge in [0.15, 0.2) is 5.82 Å². The van der Waals surface area contributed by atoms with E-state index < -0.39 is 0 Å². The number of rotatable bonds is 4. The first-order valence-corrected chi connectivity index (χ1v) is 5.53. The summed E-state index contributed by atoms with van der Waals surface area (Å²) >= 11 is 1.45. The van der Waals surface area contributed by atoms with Crippen molar-refractivity contribution in [1.82, 2.24) is 19.8 Å². The highest BCUT2D eigenvalue weighted by Gasteiger charge is 2.15. The molecule has 0 aromatic carbocycles. The summed E-state index contributed by atoms with van der Waals surface area (Å²) in [6.07, 6.45) is 0.809. The zero-order valence-corrected chi connectivity index (χ0v) is 9.49. The minimum absolute atomic E-state index is 0.189. The maximum absolute atomic E-state index is 5.88. The van der Waals surface area contributed by atoms with Crippen molar-refractivity contribution in [2.75, 3.05) is 13.7 Å². The van der Waals surface area contributed by atoms with Gasteiger partial charge in [0.1, 0.15) is 5.01 Å².